The second kappa shape index (κ2) is 25.5. The van der Waals surface area contributed by atoms with Crippen LogP contribution in [0.1, 0.15) is 108 Å². The van der Waals surface area contributed by atoms with Gasteiger partial charge in [-0.25, -0.2) is 4.79 Å². The van der Waals surface area contributed by atoms with Crippen LogP contribution in [0.15, 0.2) is 0 Å². The summed E-state index contributed by atoms with van der Waals surface area (Å²) >= 11 is 1.48. The third-order valence-corrected chi connectivity index (χ3v) is 9.02. The van der Waals surface area contributed by atoms with Crippen LogP contribution in [0.5, 0.6) is 0 Å². The first-order valence-electron chi connectivity index (χ1n) is 19.1. The molecule has 318 valence electrons. The van der Waals surface area contributed by atoms with Crippen LogP contribution in [0.2, 0.25) is 0 Å². The molecule has 55 heavy (non-hydrogen) atoms. The van der Waals surface area contributed by atoms with Crippen molar-refractivity contribution >= 4 is 53.4 Å². The van der Waals surface area contributed by atoms with Crippen molar-refractivity contribution in [3.05, 3.63) is 0 Å². The van der Waals surface area contributed by atoms with E-state index in [1.165, 1.54) is 18.9 Å². The molecule has 16 nitrogen and oxygen atoms in total. The van der Waals surface area contributed by atoms with Crippen LogP contribution >= 0.6 is 11.8 Å². The topological polar surface area (TPSA) is 230 Å². The Morgan fingerprint density at radius 2 is 1.24 bits per heavy atom. The molecular weight excluding hydrogens is 733 g/mol. The Morgan fingerprint density at radius 3 is 1.73 bits per heavy atom. The summed E-state index contributed by atoms with van der Waals surface area (Å²) < 4.78 is 9.93. The van der Waals surface area contributed by atoms with Crippen molar-refractivity contribution in [1.82, 2.24) is 31.9 Å². The number of hydrogen-bond donors (Lipinski definition) is 7. The van der Waals surface area contributed by atoms with Crippen molar-refractivity contribution in [2.75, 3.05) is 25.7 Å². The highest BCUT2D eigenvalue weighted by atomic mass is 32.2. The lowest BCUT2D eigenvalue weighted by Gasteiger charge is -2.30. The Labute approximate surface area is 332 Å². The average molecular weight is 803 g/mol. The van der Waals surface area contributed by atoms with E-state index in [0.29, 0.717) is 18.6 Å². The molecule has 7 N–H and O–H groups in total. The zero-order valence-electron chi connectivity index (χ0n) is 35.3. The number of rotatable bonds is 24. The number of nitrogens with one attached hydrogen (secondary N) is 6. The summed E-state index contributed by atoms with van der Waals surface area (Å²) in [5.74, 6) is -3.68. The smallest absolute Gasteiger partial charge is 0.408 e. The fourth-order valence-electron chi connectivity index (χ4n) is 5.37. The molecule has 0 aliphatic rings. The second-order valence-electron chi connectivity index (χ2n) is 16.2. The maximum Gasteiger partial charge on any atom is 0.408 e. The molecule has 0 spiro atoms. The number of carbonyl (C=O) groups is 7. The number of alkyl carbamates (subject to hydrolysis) is 1. The molecule has 6 amide bonds. The summed E-state index contributed by atoms with van der Waals surface area (Å²) in [6, 6.07) is -4.84. The number of hydrogen-bond acceptors (Lipinski definition) is 11. The number of aliphatic hydroxyl groups is 1. The van der Waals surface area contributed by atoms with Gasteiger partial charge in [-0.1, -0.05) is 55.4 Å². The van der Waals surface area contributed by atoms with Gasteiger partial charge in [0.1, 0.15) is 29.8 Å². The van der Waals surface area contributed by atoms with Gasteiger partial charge >= 0.3 is 12.1 Å². The van der Waals surface area contributed by atoms with Crippen LogP contribution in [0.4, 0.5) is 4.79 Å². The van der Waals surface area contributed by atoms with Crippen molar-refractivity contribution in [2.24, 2.45) is 23.7 Å². The minimum Gasteiger partial charge on any atom is -0.469 e. The Morgan fingerprint density at radius 1 is 0.709 bits per heavy atom. The van der Waals surface area contributed by atoms with Crippen molar-refractivity contribution in [1.29, 1.82) is 0 Å². The van der Waals surface area contributed by atoms with Gasteiger partial charge in [0, 0.05) is 13.0 Å². The van der Waals surface area contributed by atoms with Gasteiger partial charge < -0.3 is 46.5 Å². The van der Waals surface area contributed by atoms with Gasteiger partial charge in [0.15, 0.2) is 0 Å². The van der Waals surface area contributed by atoms with E-state index in [1.807, 2.05) is 20.1 Å². The zero-order valence-corrected chi connectivity index (χ0v) is 36.1. The van der Waals surface area contributed by atoms with E-state index < -0.39 is 89.9 Å². The van der Waals surface area contributed by atoms with Crippen LogP contribution < -0.4 is 31.9 Å². The zero-order chi connectivity index (χ0) is 42.6. The SMILES string of the molecule is COC(=O)CCCNC(=O)[C@@H](NC(=O)[C@@H](NC(=O)C[C@H](O)[C@H](CC(C)C)NC(=O)[C@H](CCSC)NC(=O)[C@@H](NC(=O)OC(C)(C)C)C(C)C)C(C)C)C(C)C. The summed E-state index contributed by atoms with van der Waals surface area (Å²) in [6.45, 7) is 19.6. The molecule has 0 unspecified atom stereocenters. The van der Waals surface area contributed by atoms with Crippen LogP contribution in [0.3, 0.4) is 0 Å². The predicted molar refractivity (Wildman–Crippen MR) is 213 cm³/mol. The number of ether oxygens (including phenoxy) is 2. The van der Waals surface area contributed by atoms with Gasteiger partial charge in [-0.05, 0) is 75.7 Å². The second-order valence-corrected chi connectivity index (χ2v) is 17.2. The first-order chi connectivity index (χ1) is 25.4. The molecule has 6 atom stereocenters. The summed E-state index contributed by atoms with van der Waals surface area (Å²) in [7, 11) is 1.28. The Bertz CT molecular complexity index is 1260. The number of thioether (sulfide) groups is 1. The highest BCUT2D eigenvalue weighted by molar-refractivity contribution is 7.98. The molecule has 0 aromatic carbocycles. The van der Waals surface area contributed by atoms with Crippen molar-refractivity contribution in [3.63, 3.8) is 0 Å². The number of esters is 1. The van der Waals surface area contributed by atoms with E-state index in [9.17, 15) is 38.7 Å². The number of aliphatic hydroxyl groups excluding tert-OH is 1. The molecule has 0 radical (unpaired) electrons. The van der Waals surface area contributed by atoms with E-state index >= 15 is 0 Å². The highest BCUT2D eigenvalue weighted by Crippen LogP contribution is 2.15. The van der Waals surface area contributed by atoms with E-state index in [1.54, 1.807) is 62.3 Å². The molecule has 17 heteroatoms. The van der Waals surface area contributed by atoms with Gasteiger partial charge in [0.2, 0.25) is 29.5 Å². The largest absolute Gasteiger partial charge is 0.469 e. The monoisotopic (exact) mass is 802 g/mol. The van der Waals surface area contributed by atoms with Crippen LogP contribution in [0.25, 0.3) is 0 Å². The van der Waals surface area contributed by atoms with Gasteiger partial charge in [0.25, 0.3) is 0 Å². The van der Waals surface area contributed by atoms with Crippen molar-refractivity contribution < 1.29 is 48.1 Å². The van der Waals surface area contributed by atoms with Crippen molar-refractivity contribution in [2.45, 2.75) is 150 Å². The quantitative estimate of drug-likeness (QED) is 0.0554. The van der Waals surface area contributed by atoms with Crippen LogP contribution in [-0.2, 0) is 38.2 Å². The minimum atomic E-state index is -1.35. The molecule has 0 aromatic heterocycles. The lowest BCUT2D eigenvalue weighted by molar-refractivity contribution is -0.141. The third kappa shape index (κ3) is 21.3. The normalized spacial score (nSPS) is 14.9. The lowest BCUT2D eigenvalue weighted by atomic mass is 9.95. The minimum absolute atomic E-state index is 0.000583. The molecule has 0 aliphatic heterocycles. The molecule has 0 heterocycles. The molecule has 0 aliphatic carbocycles. The molecule has 0 aromatic rings. The summed E-state index contributed by atoms with van der Waals surface area (Å²) in [5.41, 5.74) is -0.780. The number of amides is 6. The molecule has 0 saturated carbocycles. The molecule has 0 bridgehead atoms. The predicted octanol–water partition coefficient (Wildman–Crippen LogP) is 2.41. The summed E-state index contributed by atoms with van der Waals surface area (Å²) in [4.78, 5) is 90.6. The Balaban J connectivity index is 5.82. The number of methoxy groups -OCH3 is 1. The van der Waals surface area contributed by atoms with Gasteiger partial charge in [-0.3, -0.25) is 28.8 Å². The Kier molecular flexibility index (Phi) is 23.9. The fourth-order valence-corrected chi connectivity index (χ4v) is 5.84. The summed E-state index contributed by atoms with van der Waals surface area (Å²) in [6.07, 6.45) is 0.354. The standard InChI is InChI=1S/C38H70N6O10S/c1-21(2)19-26(41-33(48)25(16-18-55-13)40-35(50)32(24(7)8)44-37(52)54-38(9,10)11)27(45)20-28(46)42-31(23(5)6)36(51)43-30(22(3)4)34(49)39-17-14-15-29(47)53-12/h21-27,30-32,45H,14-20H2,1-13H3,(H,39,49)(H,40,50)(H,41,48)(H,42,46)(H,43,51)(H,44,52)/t25-,26-,27-,30-,31-,32-/m0/s1. The average Bonchev–Trinajstić information content (AvgIpc) is 3.06. The summed E-state index contributed by atoms with van der Waals surface area (Å²) in [5, 5.41) is 27.6. The molecule has 0 rings (SSSR count). The molecular formula is C38H70N6O10S. The fraction of sp³-hybridized carbons (Fsp3) is 0.816. The van der Waals surface area contributed by atoms with Gasteiger partial charge in [-0.2, -0.15) is 11.8 Å². The van der Waals surface area contributed by atoms with E-state index in [-0.39, 0.29) is 43.1 Å². The van der Waals surface area contributed by atoms with Gasteiger partial charge in [-0.15, -0.1) is 0 Å². The van der Waals surface area contributed by atoms with Crippen molar-refractivity contribution in [3.8, 4) is 0 Å². The first kappa shape index (κ1) is 51.4. The first-order valence-corrected chi connectivity index (χ1v) is 20.5. The number of carbonyl (C=O) groups excluding carboxylic acids is 7. The van der Waals surface area contributed by atoms with E-state index in [0.717, 1.165) is 0 Å². The van der Waals surface area contributed by atoms with Crippen LogP contribution in [-0.4, -0.2) is 114 Å². The van der Waals surface area contributed by atoms with E-state index in [4.69, 9.17) is 4.74 Å². The van der Waals surface area contributed by atoms with E-state index in [2.05, 4.69) is 36.6 Å². The maximum absolute atomic E-state index is 13.7. The lowest BCUT2D eigenvalue weighted by Crippen LogP contribution is -2.58. The highest BCUT2D eigenvalue weighted by Gasteiger charge is 2.34. The Hall–Kier alpha value is -3.60. The molecule has 0 fully saturated rings. The third-order valence-electron chi connectivity index (χ3n) is 8.37. The van der Waals surface area contributed by atoms with Crippen LogP contribution in [0, 0.1) is 23.7 Å². The maximum atomic E-state index is 13.7. The molecule has 0 saturated heterocycles. The van der Waals surface area contributed by atoms with Gasteiger partial charge in [0.05, 0.1) is 25.7 Å².